The summed E-state index contributed by atoms with van der Waals surface area (Å²) in [5.41, 5.74) is -0.692. The molecule has 1 atom stereocenters. The van der Waals surface area contributed by atoms with E-state index in [0.717, 1.165) is 6.07 Å². The van der Waals surface area contributed by atoms with Crippen LogP contribution in [-0.4, -0.2) is 23.0 Å². The van der Waals surface area contributed by atoms with E-state index in [1.807, 2.05) is 13.8 Å². The molecule has 2 rings (SSSR count). The van der Waals surface area contributed by atoms with Gasteiger partial charge in [-0.2, -0.15) is 0 Å². The van der Waals surface area contributed by atoms with Crippen molar-refractivity contribution < 1.29 is 27.3 Å². The van der Waals surface area contributed by atoms with E-state index in [1.165, 1.54) is 6.07 Å². The number of benzene rings is 1. The van der Waals surface area contributed by atoms with Gasteiger partial charge in [0, 0.05) is 6.07 Å². The van der Waals surface area contributed by atoms with Crippen LogP contribution < -0.4 is 10.6 Å². The maximum Gasteiger partial charge on any atom is 0.255 e. The molecule has 0 spiro atoms. The Morgan fingerprint density at radius 3 is 2.46 bits per heavy atom. The minimum atomic E-state index is -1.75. The molecule has 0 unspecified atom stereocenters. The van der Waals surface area contributed by atoms with Crippen LogP contribution in [0.3, 0.4) is 0 Å². The molecule has 0 bridgehead atoms. The fraction of sp³-hybridized carbons (Fsp3) is 0.353. The van der Waals surface area contributed by atoms with Crippen LogP contribution in [0.1, 0.15) is 36.4 Å². The van der Waals surface area contributed by atoms with Crippen molar-refractivity contribution in [3.8, 4) is 0 Å². The van der Waals surface area contributed by atoms with Gasteiger partial charge in [0.15, 0.2) is 23.3 Å². The summed E-state index contributed by atoms with van der Waals surface area (Å²) in [6.07, 6.45) is 0.236. The second-order valence-electron chi connectivity index (χ2n) is 6.19. The van der Waals surface area contributed by atoms with E-state index in [4.69, 9.17) is 4.52 Å². The number of aromatic nitrogens is 1. The Kier molecular flexibility index (Phi) is 6.01. The van der Waals surface area contributed by atoms with Crippen LogP contribution in [0.15, 0.2) is 22.7 Å². The van der Waals surface area contributed by atoms with Crippen LogP contribution in [-0.2, 0) is 4.79 Å². The molecule has 140 valence electrons. The number of anilines is 1. The number of rotatable bonds is 6. The van der Waals surface area contributed by atoms with E-state index >= 15 is 0 Å². The predicted octanol–water partition coefficient (Wildman–Crippen LogP) is 3.18. The molecule has 1 aromatic heterocycles. The van der Waals surface area contributed by atoms with Crippen molar-refractivity contribution in [2.24, 2.45) is 5.92 Å². The summed E-state index contributed by atoms with van der Waals surface area (Å²) in [5, 5.41) is 8.43. The summed E-state index contributed by atoms with van der Waals surface area (Å²) in [4.78, 5) is 24.6. The molecule has 2 amide bonds. The van der Waals surface area contributed by atoms with Gasteiger partial charge >= 0.3 is 0 Å². The molecule has 26 heavy (non-hydrogen) atoms. The summed E-state index contributed by atoms with van der Waals surface area (Å²) in [6.45, 7) is 5.29. The molecular formula is C17H18F3N3O3. The van der Waals surface area contributed by atoms with Crippen molar-refractivity contribution in [1.82, 2.24) is 10.5 Å². The molecule has 9 heteroatoms. The summed E-state index contributed by atoms with van der Waals surface area (Å²) >= 11 is 0. The molecule has 0 fully saturated rings. The van der Waals surface area contributed by atoms with E-state index in [9.17, 15) is 22.8 Å². The van der Waals surface area contributed by atoms with Crippen LogP contribution in [0, 0.1) is 30.3 Å². The third-order valence-electron chi connectivity index (χ3n) is 3.49. The molecule has 6 nitrogen and oxygen atoms in total. The van der Waals surface area contributed by atoms with Gasteiger partial charge in [0.05, 0.1) is 5.56 Å². The lowest BCUT2D eigenvalue weighted by atomic mass is 10.0. The van der Waals surface area contributed by atoms with E-state index < -0.39 is 40.9 Å². The van der Waals surface area contributed by atoms with E-state index in [-0.39, 0.29) is 18.2 Å². The topological polar surface area (TPSA) is 84.2 Å². The number of amides is 2. The van der Waals surface area contributed by atoms with Crippen LogP contribution >= 0.6 is 0 Å². The highest BCUT2D eigenvalue weighted by Gasteiger charge is 2.26. The maximum atomic E-state index is 13.8. The Hall–Kier alpha value is -2.84. The average Bonchev–Trinajstić information content (AvgIpc) is 2.96. The monoisotopic (exact) mass is 369 g/mol. The zero-order valence-electron chi connectivity index (χ0n) is 14.4. The van der Waals surface area contributed by atoms with E-state index in [1.54, 1.807) is 6.92 Å². The summed E-state index contributed by atoms with van der Waals surface area (Å²) in [5.74, 6) is -5.74. The van der Waals surface area contributed by atoms with Gasteiger partial charge in [-0.3, -0.25) is 9.59 Å². The Labute approximate surface area is 147 Å². The molecular weight excluding hydrogens is 351 g/mol. The normalized spacial score (nSPS) is 12.1. The van der Waals surface area contributed by atoms with Crippen LogP contribution in [0.4, 0.5) is 19.0 Å². The number of nitrogens with zero attached hydrogens (tertiary/aromatic N) is 1. The SMILES string of the molecule is Cc1cc(NC(=O)[C@@H](CC(C)C)NC(=O)c2ccc(F)c(F)c2F)no1. The van der Waals surface area contributed by atoms with Crippen molar-refractivity contribution in [2.75, 3.05) is 5.32 Å². The highest BCUT2D eigenvalue weighted by Crippen LogP contribution is 2.16. The van der Waals surface area contributed by atoms with Crippen LogP contribution in [0.5, 0.6) is 0 Å². The van der Waals surface area contributed by atoms with Gasteiger partial charge in [-0.25, -0.2) is 13.2 Å². The van der Waals surface area contributed by atoms with Crippen molar-refractivity contribution in [2.45, 2.75) is 33.2 Å². The maximum absolute atomic E-state index is 13.8. The van der Waals surface area contributed by atoms with Gasteiger partial charge in [0.25, 0.3) is 5.91 Å². The molecule has 1 aromatic carbocycles. The first-order valence-electron chi connectivity index (χ1n) is 7.87. The van der Waals surface area contributed by atoms with E-state index in [2.05, 4.69) is 15.8 Å². The van der Waals surface area contributed by atoms with Crippen molar-refractivity contribution in [3.63, 3.8) is 0 Å². The highest BCUT2D eigenvalue weighted by atomic mass is 19.2. The summed E-state index contributed by atoms with van der Waals surface area (Å²) in [7, 11) is 0. The number of carbonyl (C=O) groups excluding carboxylic acids is 2. The second-order valence-corrected chi connectivity index (χ2v) is 6.19. The molecule has 0 aliphatic heterocycles. The second kappa shape index (κ2) is 8.03. The highest BCUT2D eigenvalue weighted by molar-refractivity contribution is 6.01. The van der Waals surface area contributed by atoms with Gasteiger partial charge in [0.2, 0.25) is 5.91 Å². The first-order valence-corrected chi connectivity index (χ1v) is 7.87. The Bertz CT molecular complexity index is 821. The fourth-order valence-electron chi connectivity index (χ4n) is 2.28. The van der Waals surface area contributed by atoms with Crippen LogP contribution in [0.25, 0.3) is 0 Å². The molecule has 0 radical (unpaired) electrons. The molecule has 0 aliphatic carbocycles. The smallest absolute Gasteiger partial charge is 0.255 e. The first kappa shape index (κ1) is 19.5. The zero-order chi connectivity index (χ0) is 19.4. The number of carbonyl (C=O) groups is 2. The Balaban J connectivity index is 2.17. The quantitative estimate of drug-likeness (QED) is 0.766. The van der Waals surface area contributed by atoms with Crippen molar-refractivity contribution in [1.29, 1.82) is 0 Å². The Morgan fingerprint density at radius 2 is 1.88 bits per heavy atom. The molecule has 1 heterocycles. The average molecular weight is 369 g/mol. The molecule has 2 N–H and O–H groups in total. The lowest BCUT2D eigenvalue weighted by Crippen LogP contribution is -2.45. The lowest BCUT2D eigenvalue weighted by Gasteiger charge is -2.19. The molecule has 0 saturated carbocycles. The van der Waals surface area contributed by atoms with Gasteiger partial charge in [-0.05, 0) is 31.4 Å². The minimum absolute atomic E-state index is 0.0138. The number of hydrogen-bond acceptors (Lipinski definition) is 4. The number of aryl methyl sites for hydroxylation is 1. The molecule has 0 aliphatic rings. The van der Waals surface area contributed by atoms with Gasteiger partial charge < -0.3 is 15.2 Å². The van der Waals surface area contributed by atoms with Gasteiger partial charge in [0.1, 0.15) is 11.8 Å². The van der Waals surface area contributed by atoms with Crippen molar-refractivity contribution in [3.05, 3.63) is 47.0 Å². The number of halogens is 3. The van der Waals surface area contributed by atoms with Gasteiger partial charge in [-0.15, -0.1) is 0 Å². The summed E-state index contributed by atoms with van der Waals surface area (Å²) in [6, 6.07) is 1.91. The predicted molar refractivity (Wildman–Crippen MR) is 86.9 cm³/mol. The third-order valence-corrected chi connectivity index (χ3v) is 3.49. The van der Waals surface area contributed by atoms with E-state index in [0.29, 0.717) is 11.8 Å². The largest absolute Gasteiger partial charge is 0.360 e. The number of nitrogens with one attached hydrogen (secondary N) is 2. The lowest BCUT2D eigenvalue weighted by molar-refractivity contribution is -0.118. The molecule has 0 saturated heterocycles. The fourth-order valence-corrected chi connectivity index (χ4v) is 2.28. The number of hydrogen-bond donors (Lipinski definition) is 2. The standard InChI is InChI=1S/C17H18F3N3O3/c1-8(2)6-12(17(25)22-13-7-9(3)26-23-13)21-16(24)10-4-5-11(18)15(20)14(10)19/h4-5,7-8,12H,6H2,1-3H3,(H,21,24)(H,22,23,25)/t12-/m1/s1. The minimum Gasteiger partial charge on any atom is -0.360 e. The summed E-state index contributed by atoms with van der Waals surface area (Å²) < 4.78 is 44.9. The zero-order valence-corrected chi connectivity index (χ0v) is 14.4. The first-order chi connectivity index (χ1) is 12.2. The third kappa shape index (κ3) is 4.62. The Morgan fingerprint density at radius 1 is 1.19 bits per heavy atom. The van der Waals surface area contributed by atoms with Gasteiger partial charge in [-0.1, -0.05) is 19.0 Å². The van der Waals surface area contributed by atoms with Crippen LogP contribution in [0.2, 0.25) is 0 Å². The molecule has 2 aromatic rings. The van der Waals surface area contributed by atoms with Crippen molar-refractivity contribution >= 4 is 17.6 Å².